The molecule has 0 bridgehead atoms. The van der Waals surface area contributed by atoms with Gasteiger partial charge in [-0.05, 0) is 45.0 Å². The van der Waals surface area contributed by atoms with E-state index in [2.05, 4.69) is 9.72 Å². The molecule has 0 saturated carbocycles. The zero-order chi connectivity index (χ0) is 22.3. The third-order valence-corrected chi connectivity index (χ3v) is 5.06. The molecule has 0 aliphatic carbocycles. The van der Waals surface area contributed by atoms with Crippen molar-refractivity contribution in [3.05, 3.63) is 53.0 Å². The molecule has 164 valence electrons. The van der Waals surface area contributed by atoms with Crippen LogP contribution in [0.4, 0.5) is 13.2 Å². The summed E-state index contributed by atoms with van der Waals surface area (Å²) in [5, 5.41) is 4.82. The summed E-state index contributed by atoms with van der Waals surface area (Å²) in [6.07, 6.45) is -4.20. The van der Waals surface area contributed by atoms with Crippen LogP contribution in [0.1, 0.15) is 29.6 Å². The first-order chi connectivity index (χ1) is 14.6. The Bertz CT molecular complexity index is 1100. The molecule has 1 aliphatic heterocycles. The molecule has 4 rings (SSSR count). The fourth-order valence-corrected chi connectivity index (χ4v) is 3.82. The highest BCUT2D eigenvalue weighted by atomic mass is 19.4. The van der Waals surface area contributed by atoms with E-state index in [1.54, 1.807) is 4.68 Å². The average Bonchev–Trinajstić information content (AvgIpc) is 3.05. The van der Waals surface area contributed by atoms with Crippen LogP contribution in [-0.4, -0.2) is 34.3 Å². The third-order valence-electron chi connectivity index (χ3n) is 5.06. The summed E-state index contributed by atoms with van der Waals surface area (Å²) in [6, 6.07) is 8.17. The topological polar surface area (TPSA) is 58.4 Å². The van der Waals surface area contributed by atoms with Gasteiger partial charge in [0, 0.05) is 35.0 Å². The lowest BCUT2D eigenvalue weighted by atomic mass is 10.0. The maximum absolute atomic E-state index is 12.7. The average molecular weight is 433 g/mol. The number of rotatable bonds is 4. The second-order valence-electron chi connectivity index (χ2n) is 7.53. The number of hydrogen-bond donors (Lipinski definition) is 0. The van der Waals surface area contributed by atoms with Gasteiger partial charge in [0.05, 0.1) is 36.9 Å². The number of aromatic nitrogens is 3. The monoisotopic (exact) mass is 433 g/mol. The molecular weight excluding hydrogens is 411 g/mol. The summed E-state index contributed by atoms with van der Waals surface area (Å²) in [5.74, 6) is -0.437. The zero-order valence-electron chi connectivity index (χ0n) is 17.6. The van der Waals surface area contributed by atoms with Crippen molar-refractivity contribution in [3.8, 4) is 28.4 Å². The molecule has 6 nitrogen and oxygen atoms in total. The smallest absolute Gasteiger partial charge is 0.493 e. The maximum atomic E-state index is 12.7. The number of nitrogens with zero attached hydrogens (tertiary/aromatic N) is 3. The number of alkyl halides is 3. The molecule has 0 saturated heterocycles. The van der Waals surface area contributed by atoms with Gasteiger partial charge in [0.2, 0.25) is 0 Å². The first-order valence-corrected chi connectivity index (χ1v) is 9.77. The molecule has 31 heavy (non-hydrogen) atoms. The molecule has 2 aromatic heterocycles. The van der Waals surface area contributed by atoms with E-state index < -0.39 is 12.1 Å². The molecule has 3 aromatic rings. The van der Waals surface area contributed by atoms with Crippen LogP contribution in [0.25, 0.3) is 16.9 Å². The van der Waals surface area contributed by atoms with Crippen molar-refractivity contribution >= 4 is 0 Å². The lowest BCUT2D eigenvalue weighted by molar-refractivity contribution is -0.275. The van der Waals surface area contributed by atoms with E-state index in [-0.39, 0.29) is 11.9 Å². The molecule has 1 aliphatic rings. The van der Waals surface area contributed by atoms with Crippen LogP contribution in [-0.2, 0) is 17.8 Å². The number of halogens is 3. The van der Waals surface area contributed by atoms with Gasteiger partial charge in [-0.3, -0.25) is 4.98 Å². The van der Waals surface area contributed by atoms with Crippen molar-refractivity contribution in [1.29, 1.82) is 0 Å². The van der Waals surface area contributed by atoms with Crippen LogP contribution in [0.5, 0.6) is 11.5 Å². The van der Waals surface area contributed by atoms with Gasteiger partial charge >= 0.3 is 6.36 Å². The molecular formula is C22H22F3N3O3. The highest BCUT2D eigenvalue weighted by molar-refractivity contribution is 5.66. The predicted octanol–water partition coefficient (Wildman–Crippen LogP) is 4.92. The SMILES string of the molecule is COc1cc(-n2nc(-c3cc(C)nc(C)c3)c3c2C[C@@H](C)OC3)ccc1OC(F)(F)F. The van der Waals surface area contributed by atoms with Crippen molar-refractivity contribution in [3.63, 3.8) is 0 Å². The van der Waals surface area contributed by atoms with E-state index >= 15 is 0 Å². The summed E-state index contributed by atoms with van der Waals surface area (Å²) in [7, 11) is 1.30. The molecule has 0 radical (unpaired) electrons. The number of fused-ring (bicyclic) bond motifs is 1. The molecule has 0 spiro atoms. The minimum Gasteiger partial charge on any atom is -0.493 e. The van der Waals surface area contributed by atoms with Gasteiger partial charge in [-0.25, -0.2) is 4.68 Å². The van der Waals surface area contributed by atoms with E-state index in [1.807, 2.05) is 32.9 Å². The van der Waals surface area contributed by atoms with E-state index in [0.717, 1.165) is 33.9 Å². The van der Waals surface area contributed by atoms with Crippen molar-refractivity contribution in [2.45, 2.75) is 46.3 Å². The standard InChI is InChI=1S/C22H22F3N3O3/c1-12-7-15(8-13(2)26-12)21-17-11-30-14(3)9-18(17)28(27-21)16-5-6-19(20(10-16)29-4)31-22(23,24)25/h5-8,10,14H,9,11H2,1-4H3/t14-/m1/s1. The number of ether oxygens (including phenoxy) is 3. The van der Waals surface area contributed by atoms with Crippen molar-refractivity contribution in [2.75, 3.05) is 7.11 Å². The number of hydrogen-bond acceptors (Lipinski definition) is 5. The Balaban J connectivity index is 1.84. The maximum Gasteiger partial charge on any atom is 0.573 e. The number of aryl methyl sites for hydroxylation is 2. The first kappa shape index (κ1) is 21.2. The molecule has 0 N–H and O–H groups in total. The minimum atomic E-state index is -4.81. The Hall–Kier alpha value is -3.07. The minimum absolute atomic E-state index is 0.00792. The summed E-state index contributed by atoms with van der Waals surface area (Å²) in [5.41, 5.74) is 5.92. The van der Waals surface area contributed by atoms with Gasteiger partial charge in [0.25, 0.3) is 0 Å². The number of benzene rings is 1. The van der Waals surface area contributed by atoms with E-state index in [4.69, 9.17) is 14.6 Å². The van der Waals surface area contributed by atoms with Gasteiger partial charge in [-0.1, -0.05) is 0 Å². The van der Waals surface area contributed by atoms with E-state index in [9.17, 15) is 13.2 Å². The van der Waals surface area contributed by atoms with Crippen LogP contribution in [0, 0.1) is 13.8 Å². The number of pyridine rings is 1. The molecule has 0 amide bonds. The Morgan fingerprint density at radius 1 is 1.10 bits per heavy atom. The Labute approximate surface area is 177 Å². The molecule has 1 aromatic carbocycles. The van der Waals surface area contributed by atoms with Gasteiger partial charge in [-0.15, -0.1) is 13.2 Å². The van der Waals surface area contributed by atoms with Crippen molar-refractivity contribution in [1.82, 2.24) is 14.8 Å². The first-order valence-electron chi connectivity index (χ1n) is 9.77. The molecule has 3 heterocycles. The second kappa shape index (κ2) is 7.88. The highest BCUT2D eigenvalue weighted by Gasteiger charge is 2.33. The van der Waals surface area contributed by atoms with Gasteiger partial charge in [0.15, 0.2) is 11.5 Å². The highest BCUT2D eigenvalue weighted by Crippen LogP contribution is 2.37. The Kier molecular flexibility index (Phi) is 5.38. The van der Waals surface area contributed by atoms with Crippen LogP contribution in [0.15, 0.2) is 30.3 Å². The lowest BCUT2D eigenvalue weighted by Crippen LogP contribution is -2.21. The van der Waals surface area contributed by atoms with E-state index in [0.29, 0.717) is 18.7 Å². The summed E-state index contributed by atoms with van der Waals surface area (Å²) in [4.78, 5) is 4.42. The van der Waals surface area contributed by atoms with Gasteiger partial charge in [-0.2, -0.15) is 5.10 Å². The van der Waals surface area contributed by atoms with Crippen molar-refractivity contribution < 1.29 is 27.4 Å². The molecule has 0 unspecified atom stereocenters. The van der Waals surface area contributed by atoms with Crippen LogP contribution in [0.3, 0.4) is 0 Å². The quantitative estimate of drug-likeness (QED) is 0.585. The predicted molar refractivity (Wildman–Crippen MR) is 107 cm³/mol. The Morgan fingerprint density at radius 2 is 1.81 bits per heavy atom. The fraction of sp³-hybridized carbons (Fsp3) is 0.364. The molecule has 0 fully saturated rings. The molecule has 9 heteroatoms. The van der Waals surface area contributed by atoms with Gasteiger partial charge < -0.3 is 14.2 Å². The Morgan fingerprint density at radius 3 is 2.45 bits per heavy atom. The second-order valence-corrected chi connectivity index (χ2v) is 7.53. The largest absolute Gasteiger partial charge is 0.573 e. The van der Waals surface area contributed by atoms with E-state index in [1.165, 1.54) is 25.3 Å². The summed E-state index contributed by atoms with van der Waals surface area (Å²) < 4.78 is 54.9. The fourth-order valence-electron chi connectivity index (χ4n) is 3.82. The molecule has 1 atom stereocenters. The van der Waals surface area contributed by atoms with Crippen LogP contribution >= 0.6 is 0 Å². The lowest BCUT2D eigenvalue weighted by Gasteiger charge is -2.21. The summed E-state index contributed by atoms with van der Waals surface area (Å²) in [6.45, 7) is 6.21. The summed E-state index contributed by atoms with van der Waals surface area (Å²) >= 11 is 0. The van der Waals surface area contributed by atoms with Gasteiger partial charge in [0.1, 0.15) is 0 Å². The van der Waals surface area contributed by atoms with Crippen molar-refractivity contribution in [2.24, 2.45) is 0 Å². The van der Waals surface area contributed by atoms with Crippen LogP contribution in [0.2, 0.25) is 0 Å². The van der Waals surface area contributed by atoms with Crippen LogP contribution < -0.4 is 9.47 Å². The third kappa shape index (κ3) is 4.36. The number of methoxy groups -OCH3 is 1. The normalized spacial score (nSPS) is 16.2. The zero-order valence-corrected chi connectivity index (χ0v) is 17.6.